The summed E-state index contributed by atoms with van der Waals surface area (Å²) in [4.78, 5) is 0. The molecule has 3 heteroatoms. The number of ether oxygens (including phenoxy) is 1. The Hall–Kier alpha value is -1.22. The van der Waals surface area contributed by atoms with Crippen LogP contribution in [-0.2, 0) is 11.3 Å². The Morgan fingerprint density at radius 3 is 2.75 bits per heavy atom. The predicted molar refractivity (Wildman–Crippen MR) is 51.1 cm³/mol. The average molecular weight is 166 g/mol. The molecule has 0 amide bonds. The average Bonchev–Trinajstić information content (AvgIpc) is 2.05. The van der Waals surface area contributed by atoms with Gasteiger partial charge in [-0.2, -0.15) is 0 Å². The van der Waals surface area contributed by atoms with Crippen LogP contribution < -0.4 is 11.1 Å². The van der Waals surface area contributed by atoms with E-state index in [1.807, 2.05) is 25.2 Å². The highest BCUT2D eigenvalue weighted by molar-refractivity contribution is 5.66. The van der Waals surface area contributed by atoms with E-state index in [0.29, 0.717) is 6.61 Å². The van der Waals surface area contributed by atoms with Crippen molar-refractivity contribution in [3.05, 3.63) is 23.8 Å². The summed E-state index contributed by atoms with van der Waals surface area (Å²) < 4.78 is 4.98. The number of nitrogens with two attached hydrogens (primary N) is 1. The molecule has 0 heterocycles. The molecular formula is C9H14N2O. The Labute approximate surface area is 72.5 Å². The van der Waals surface area contributed by atoms with E-state index in [1.54, 1.807) is 7.11 Å². The molecule has 12 heavy (non-hydrogen) atoms. The molecule has 0 aromatic heterocycles. The molecule has 1 aromatic carbocycles. The third-order valence-corrected chi connectivity index (χ3v) is 1.70. The molecule has 0 saturated carbocycles. The molecular weight excluding hydrogens is 152 g/mol. The van der Waals surface area contributed by atoms with E-state index in [4.69, 9.17) is 10.5 Å². The number of anilines is 2. The van der Waals surface area contributed by atoms with Gasteiger partial charge in [0.05, 0.1) is 18.0 Å². The van der Waals surface area contributed by atoms with E-state index in [0.717, 1.165) is 16.9 Å². The molecule has 3 N–H and O–H groups in total. The van der Waals surface area contributed by atoms with Crippen molar-refractivity contribution in [2.75, 3.05) is 25.2 Å². The lowest BCUT2D eigenvalue weighted by molar-refractivity contribution is 0.185. The topological polar surface area (TPSA) is 47.3 Å². The molecule has 0 atom stereocenters. The first kappa shape index (κ1) is 8.87. The molecule has 0 aliphatic rings. The molecule has 1 aromatic rings. The minimum absolute atomic E-state index is 0.605. The van der Waals surface area contributed by atoms with Crippen molar-refractivity contribution in [3.8, 4) is 0 Å². The monoisotopic (exact) mass is 166 g/mol. The zero-order valence-electron chi connectivity index (χ0n) is 7.42. The van der Waals surface area contributed by atoms with Crippen molar-refractivity contribution in [3.63, 3.8) is 0 Å². The van der Waals surface area contributed by atoms with Crippen LogP contribution in [0.1, 0.15) is 5.56 Å². The van der Waals surface area contributed by atoms with Crippen LogP contribution in [0.25, 0.3) is 0 Å². The van der Waals surface area contributed by atoms with E-state index >= 15 is 0 Å². The third kappa shape index (κ3) is 1.89. The standard InChI is InChI=1S/C9H14N2O/c1-11-9-4-3-7(6-12-2)5-8(9)10/h3-5,11H,6,10H2,1-2H3. The lowest BCUT2D eigenvalue weighted by Gasteiger charge is -2.06. The predicted octanol–water partition coefficient (Wildman–Crippen LogP) is 1.46. The summed E-state index contributed by atoms with van der Waals surface area (Å²) in [6.07, 6.45) is 0. The van der Waals surface area contributed by atoms with Crippen LogP contribution in [0.3, 0.4) is 0 Å². The van der Waals surface area contributed by atoms with Crippen LogP contribution in [0.5, 0.6) is 0 Å². The number of hydrogen-bond acceptors (Lipinski definition) is 3. The second kappa shape index (κ2) is 3.97. The molecule has 0 aliphatic carbocycles. The van der Waals surface area contributed by atoms with E-state index in [1.165, 1.54) is 0 Å². The summed E-state index contributed by atoms with van der Waals surface area (Å²) in [5, 5.41) is 3.00. The van der Waals surface area contributed by atoms with Crippen molar-refractivity contribution < 1.29 is 4.74 Å². The first-order valence-corrected chi connectivity index (χ1v) is 3.83. The van der Waals surface area contributed by atoms with Crippen molar-refractivity contribution in [2.45, 2.75) is 6.61 Å². The molecule has 0 spiro atoms. The van der Waals surface area contributed by atoms with E-state index in [-0.39, 0.29) is 0 Å². The van der Waals surface area contributed by atoms with Crippen LogP contribution in [0, 0.1) is 0 Å². The number of rotatable bonds is 3. The zero-order chi connectivity index (χ0) is 8.97. The maximum atomic E-state index is 5.74. The summed E-state index contributed by atoms with van der Waals surface area (Å²) in [6.45, 7) is 0.605. The molecule has 1 rings (SSSR count). The fourth-order valence-electron chi connectivity index (χ4n) is 1.10. The number of methoxy groups -OCH3 is 1. The fraction of sp³-hybridized carbons (Fsp3) is 0.333. The maximum absolute atomic E-state index is 5.74. The summed E-state index contributed by atoms with van der Waals surface area (Å²) >= 11 is 0. The van der Waals surface area contributed by atoms with E-state index in [9.17, 15) is 0 Å². The lowest BCUT2D eigenvalue weighted by Crippen LogP contribution is -1.97. The second-order valence-corrected chi connectivity index (χ2v) is 2.60. The normalized spacial score (nSPS) is 9.83. The highest BCUT2D eigenvalue weighted by Crippen LogP contribution is 2.19. The number of hydrogen-bond donors (Lipinski definition) is 2. The second-order valence-electron chi connectivity index (χ2n) is 2.60. The van der Waals surface area contributed by atoms with Gasteiger partial charge in [0.25, 0.3) is 0 Å². The van der Waals surface area contributed by atoms with Gasteiger partial charge in [0.1, 0.15) is 0 Å². The summed E-state index contributed by atoms with van der Waals surface area (Å²) in [6, 6.07) is 5.85. The van der Waals surface area contributed by atoms with Crippen LogP contribution in [0.4, 0.5) is 11.4 Å². The van der Waals surface area contributed by atoms with E-state index in [2.05, 4.69) is 5.32 Å². The molecule has 0 fully saturated rings. The van der Waals surface area contributed by atoms with Gasteiger partial charge in [-0.1, -0.05) is 6.07 Å². The minimum Gasteiger partial charge on any atom is -0.397 e. The molecule has 66 valence electrons. The van der Waals surface area contributed by atoms with Crippen LogP contribution in [-0.4, -0.2) is 14.2 Å². The molecule has 0 unspecified atom stereocenters. The van der Waals surface area contributed by atoms with Gasteiger partial charge in [-0.25, -0.2) is 0 Å². The number of benzene rings is 1. The highest BCUT2D eigenvalue weighted by Gasteiger charge is 1.97. The van der Waals surface area contributed by atoms with Crippen molar-refractivity contribution in [1.82, 2.24) is 0 Å². The highest BCUT2D eigenvalue weighted by atomic mass is 16.5. The summed E-state index contributed by atoms with van der Waals surface area (Å²) in [5.74, 6) is 0. The van der Waals surface area contributed by atoms with Crippen LogP contribution in [0.15, 0.2) is 18.2 Å². The molecule has 0 aliphatic heterocycles. The van der Waals surface area contributed by atoms with Crippen molar-refractivity contribution in [2.24, 2.45) is 0 Å². The Morgan fingerprint density at radius 2 is 2.25 bits per heavy atom. The number of nitrogen functional groups attached to an aromatic ring is 1. The van der Waals surface area contributed by atoms with Gasteiger partial charge in [0.15, 0.2) is 0 Å². The van der Waals surface area contributed by atoms with Crippen LogP contribution in [0.2, 0.25) is 0 Å². The van der Waals surface area contributed by atoms with Gasteiger partial charge in [-0.15, -0.1) is 0 Å². The minimum atomic E-state index is 0.605. The molecule has 0 bridgehead atoms. The fourth-order valence-corrected chi connectivity index (χ4v) is 1.10. The maximum Gasteiger partial charge on any atom is 0.0713 e. The Morgan fingerprint density at radius 1 is 1.50 bits per heavy atom. The summed E-state index contributed by atoms with van der Waals surface area (Å²) in [7, 11) is 3.52. The third-order valence-electron chi connectivity index (χ3n) is 1.70. The van der Waals surface area contributed by atoms with E-state index < -0.39 is 0 Å². The van der Waals surface area contributed by atoms with Crippen LogP contribution >= 0.6 is 0 Å². The van der Waals surface area contributed by atoms with Gasteiger partial charge in [-0.05, 0) is 17.7 Å². The van der Waals surface area contributed by atoms with Gasteiger partial charge in [0, 0.05) is 14.2 Å². The molecule has 3 nitrogen and oxygen atoms in total. The summed E-state index contributed by atoms with van der Waals surface area (Å²) in [5.41, 5.74) is 8.55. The van der Waals surface area contributed by atoms with Gasteiger partial charge >= 0.3 is 0 Å². The smallest absolute Gasteiger partial charge is 0.0713 e. The Balaban J connectivity index is 2.86. The quantitative estimate of drug-likeness (QED) is 0.668. The van der Waals surface area contributed by atoms with Gasteiger partial charge < -0.3 is 15.8 Å². The molecule has 0 radical (unpaired) electrons. The first-order valence-electron chi connectivity index (χ1n) is 3.83. The molecule has 0 saturated heterocycles. The lowest BCUT2D eigenvalue weighted by atomic mass is 10.2. The van der Waals surface area contributed by atoms with Crippen molar-refractivity contribution >= 4 is 11.4 Å². The zero-order valence-corrected chi connectivity index (χ0v) is 7.42. The Kier molecular flexibility index (Phi) is 2.94. The Bertz CT molecular complexity index is 261. The largest absolute Gasteiger partial charge is 0.397 e. The SMILES string of the molecule is CNc1ccc(COC)cc1N. The van der Waals surface area contributed by atoms with Gasteiger partial charge in [0.2, 0.25) is 0 Å². The van der Waals surface area contributed by atoms with Crippen molar-refractivity contribution in [1.29, 1.82) is 0 Å². The first-order chi connectivity index (χ1) is 5.77. The van der Waals surface area contributed by atoms with Gasteiger partial charge in [-0.3, -0.25) is 0 Å². The number of nitrogens with one attached hydrogen (secondary N) is 1.